The predicted octanol–water partition coefficient (Wildman–Crippen LogP) is 2.08. The SMILES string of the molecule is Cc1nn(C)c2sc(C(=O)NNC(=O)c3cccc(N(C)C)c3)cc12. The van der Waals surface area contributed by atoms with Gasteiger partial charge in [0.1, 0.15) is 4.83 Å². The molecule has 0 unspecified atom stereocenters. The predicted molar refractivity (Wildman–Crippen MR) is 99.0 cm³/mol. The quantitative estimate of drug-likeness (QED) is 0.704. The van der Waals surface area contributed by atoms with Crippen molar-refractivity contribution in [1.29, 1.82) is 0 Å². The lowest BCUT2D eigenvalue weighted by molar-refractivity contribution is 0.0849. The van der Waals surface area contributed by atoms with Gasteiger partial charge in [0.25, 0.3) is 11.8 Å². The number of rotatable bonds is 3. The fourth-order valence-electron chi connectivity index (χ4n) is 2.49. The Hall–Kier alpha value is -2.87. The molecule has 0 bridgehead atoms. The number of hydrogen-bond donors (Lipinski definition) is 2. The van der Waals surface area contributed by atoms with Gasteiger partial charge in [-0.15, -0.1) is 11.3 Å². The molecule has 0 spiro atoms. The molecule has 0 atom stereocenters. The minimum Gasteiger partial charge on any atom is -0.378 e. The van der Waals surface area contributed by atoms with Gasteiger partial charge in [-0.3, -0.25) is 25.1 Å². The van der Waals surface area contributed by atoms with Crippen molar-refractivity contribution in [3.05, 3.63) is 46.5 Å². The van der Waals surface area contributed by atoms with Crippen molar-refractivity contribution in [3.8, 4) is 0 Å². The molecular weight excluding hydrogens is 338 g/mol. The zero-order valence-electron chi connectivity index (χ0n) is 14.5. The molecule has 0 aliphatic rings. The Kier molecular flexibility index (Phi) is 4.45. The standard InChI is InChI=1S/C17H19N5O2S/c1-10-13-9-14(25-17(13)22(4)20-10)16(24)19-18-15(23)11-6-5-7-12(8-11)21(2)3/h5-9H,1-4H3,(H,18,23)(H,19,24). The highest BCUT2D eigenvalue weighted by atomic mass is 32.1. The summed E-state index contributed by atoms with van der Waals surface area (Å²) in [7, 11) is 5.64. The molecule has 25 heavy (non-hydrogen) atoms. The average Bonchev–Trinajstić information content (AvgIpc) is 3.14. The Morgan fingerprint density at radius 3 is 2.56 bits per heavy atom. The Bertz CT molecular complexity index is 923. The number of amides is 2. The zero-order valence-corrected chi connectivity index (χ0v) is 15.3. The molecule has 0 saturated carbocycles. The number of nitrogens with zero attached hydrogens (tertiary/aromatic N) is 3. The van der Waals surface area contributed by atoms with Crippen LogP contribution in [0.1, 0.15) is 25.7 Å². The first-order valence-corrected chi connectivity index (χ1v) is 8.49. The normalized spacial score (nSPS) is 10.7. The smallest absolute Gasteiger partial charge is 0.279 e. The fraction of sp³-hybridized carbons (Fsp3) is 0.235. The number of aromatic nitrogens is 2. The van der Waals surface area contributed by atoms with Gasteiger partial charge in [0.15, 0.2) is 0 Å². The third-order valence-corrected chi connectivity index (χ3v) is 5.03. The van der Waals surface area contributed by atoms with Crippen molar-refractivity contribution in [3.63, 3.8) is 0 Å². The Balaban J connectivity index is 1.69. The monoisotopic (exact) mass is 357 g/mol. The van der Waals surface area contributed by atoms with Crippen molar-refractivity contribution in [2.45, 2.75) is 6.92 Å². The summed E-state index contributed by atoms with van der Waals surface area (Å²) in [6.45, 7) is 1.90. The molecule has 8 heteroatoms. The van der Waals surface area contributed by atoms with E-state index in [1.807, 2.05) is 39.0 Å². The van der Waals surface area contributed by atoms with E-state index in [9.17, 15) is 9.59 Å². The summed E-state index contributed by atoms with van der Waals surface area (Å²) in [5, 5.41) is 5.26. The number of carbonyl (C=O) groups excluding carboxylic acids is 2. The van der Waals surface area contributed by atoms with E-state index in [-0.39, 0.29) is 11.8 Å². The van der Waals surface area contributed by atoms with Crippen LogP contribution in [0.4, 0.5) is 5.69 Å². The van der Waals surface area contributed by atoms with Crippen LogP contribution in [-0.4, -0.2) is 35.7 Å². The summed E-state index contributed by atoms with van der Waals surface area (Å²) >= 11 is 1.34. The molecular formula is C17H19N5O2S. The van der Waals surface area contributed by atoms with Crippen LogP contribution in [0.25, 0.3) is 10.2 Å². The largest absolute Gasteiger partial charge is 0.378 e. The van der Waals surface area contributed by atoms with Crippen LogP contribution < -0.4 is 15.8 Å². The lowest BCUT2D eigenvalue weighted by atomic mass is 10.2. The van der Waals surface area contributed by atoms with Crippen LogP contribution in [0, 0.1) is 6.92 Å². The molecule has 130 valence electrons. The topological polar surface area (TPSA) is 79.3 Å². The number of hydrazine groups is 1. The number of hydrogen-bond acceptors (Lipinski definition) is 5. The minimum atomic E-state index is -0.365. The van der Waals surface area contributed by atoms with Crippen molar-refractivity contribution in [1.82, 2.24) is 20.6 Å². The van der Waals surface area contributed by atoms with Gasteiger partial charge in [-0.05, 0) is 31.2 Å². The number of anilines is 1. The highest BCUT2D eigenvalue weighted by molar-refractivity contribution is 7.20. The molecule has 0 aliphatic carbocycles. The number of nitrogens with one attached hydrogen (secondary N) is 2. The van der Waals surface area contributed by atoms with Crippen molar-refractivity contribution >= 4 is 39.1 Å². The number of thiophene rings is 1. The molecule has 2 N–H and O–H groups in total. The maximum absolute atomic E-state index is 12.3. The van der Waals surface area contributed by atoms with E-state index in [1.54, 1.807) is 28.9 Å². The second kappa shape index (κ2) is 6.56. The highest BCUT2D eigenvalue weighted by Crippen LogP contribution is 2.27. The molecule has 1 aromatic carbocycles. The molecule has 0 aliphatic heterocycles. The molecule has 0 fully saturated rings. The fourth-order valence-corrected chi connectivity index (χ4v) is 3.51. The average molecular weight is 357 g/mol. The first-order valence-electron chi connectivity index (χ1n) is 7.68. The lowest BCUT2D eigenvalue weighted by Gasteiger charge is -2.13. The van der Waals surface area contributed by atoms with Gasteiger partial charge in [-0.2, -0.15) is 5.10 Å². The van der Waals surface area contributed by atoms with Gasteiger partial charge in [0, 0.05) is 37.8 Å². The minimum absolute atomic E-state index is 0.349. The van der Waals surface area contributed by atoms with Gasteiger partial charge in [-0.25, -0.2) is 0 Å². The van der Waals surface area contributed by atoms with Gasteiger partial charge in [0.05, 0.1) is 10.6 Å². The summed E-state index contributed by atoms with van der Waals surface area (Å²) in [5.41, 5.74) is 7.18. The third kappa shape index (κ3) is 3.34. The van der Waals surface area contributed by atoms with E-state index in [1.165, 1.54) is 11.3 Å². The molecule has 3 aromatic rings. The van der Waals surface area contributed by atoms with E-state index in [0.717, 1.165) is 21.6 Å². The second-order valence-corrected chi connectivity index (χ2v) is 6.92. The molecule has 2 heterocycles. The Labute approximate surface area is 149 Å². The van der Waals surface area contributed by atoms with Crippen LogP contribution in [0.15, 0.2) is 30.3 Å². The van der Waals surface area contributed by atoms with Gasteiger partial charge in [-0.1, -0.05) is 6.07 Å². The number of carbonyl (C=O) groups is 2. The van der Waals surface area contributed by atoms with Crippen LogP contribution >= 0.6 is 11.3 Å². The molecule has 2 amide bonds. The van der Waals surface area contributed by atoms with E-state index in [0.29, 0.717) is 10.4 Å². The van der Waals surface area contributed by atoms with Gasteiger partial charge >= 0.3 is 0 Å². The van der Waals surface area contributed by atoms with E-state index in [4.69, 9.17) is 0 Å². The number of aryl methyl sites for hydroxylation is 2. The maximum Gasteiger partial charge on any atom is 0.279 e. The Morgan fingerprint density at radius 2 is 1.88 bits per heavy atom. The van der Waals surface area contributed by atoms with Crippen molar-refractivity contribution in [2.24, 2.45) is 7.05 Å². The van der Waals surface area contributed by atoms with Crippen LogP contribution in [-0.2, 0) is 7.05 Å². The van der Waals surface area contributed by atoms with Gasteiger partial charge < -0.3 is 4.90 Å². The summed E-state index contributed by atoms with van der Waals surface area (Å²) in [4.78, 5) is 27.9. The first-order chi connectivity index (χ1) is 11.9. The van der Waals surface area contributed by atoms with Crippen LogP contribution in [0.5, 0.6) is 0 Å². The van der Waals surface area contributed by atoms with Crippen molar-refractivity contribution in [2.75, 3.05) is 19.0 Å². The molecule has 0 saturated heterocycles. The van der Waals surface area contributed by atoms with Crippen molar-refractivity contribution < 1.29 is 9.59 Å². The Morgan fingerprint density at radius 1 is 1.16 bits per heavy atom. The summed E-state index contributed by atoms with van der Waals surface area (Å²) in [5.74, 6) is -0.714. The van der Waals surface area contributed by atoms with Crippen LogP contribution in [0.2, 0.25) is 0 Å². The summed E-state index contributed by atoms with van der Waals surface area (Å²) in [6, 6.07) is 8.95. The first kappa shape index (κ1) is 17.0. The molecule has 3 rings (SSSR count). The molecule has 0 radical (unpaired) electrons. The van der Waals surface area contributed by atoms with E-state index < -0.39 is 0 Å². The van der Waals surface area contributed by atoms with E-state index >= 15 is 0 Å². The lowest BCUT2D eigenvalue weighted by Crippen LogP contribution is -2.41. The summed E-state index contributed by atoms with van der Waals surface area (Å²) in [6.07, 6.45) is 0. The highest BCUT2D eigenvalue weighted by Gasteiger charge is 2.16. The number of benzene rings is 1. The number of fused-ring (bicyclic) bond motifs is 1. The summed E-state index contributed by atoms with van der Waals surface area (Å²) < 4.78 is 1.75. The molecule has 2 aromatic heterocycles. The molecule has 7 nitrogen and oxygen atoms in total. The van der Waals surface area contributed by atoms with Crippen LogP contribution in [0.3, 0.4) is 0 Å². The third-order valence-electron chi connectivity index (χ3n) is 3.83. The second-order valence-electron chi connectivity index (χ2n) is 5.89. The zero-order chi connectivity index (χ0) is 18.1. The maximum atomic E-state index is 12.3. The van der Waals surface area contributed by atoms with E-state index in [2.05, 4.69) is 16.0 Å². The van der Waals surface area contributed by atoms with Gasteiger partial charge in [0.2, 0.25) is 0 Å².